The van der Waals surface area contributed by atoms with E-state index in [1.165, 1.54) is 11.3 Å². The first-order valence-corrected chi connectivity index (χ1v) is 12.7. The number of hydrogen-bond donors (Lipinski definition) is 2. The van der Waals surface area contributed by atoms with Crippen LogP contribution in [0.3, 0.4) is 0 Å². The van der Waals surface area contributed by atoms with Gasteiger partial charge in [-0.2, -0.15) is 0 Å². The van der Waals surface area contributed by atoms with E-state index in [1.54, 1.807) is 55.6 Å². The number of benzene rings is 3. The van der Waals surface area contributed by atoms with E-state index in [-0.39, 0.29) is 10.8 Å². The predicted octanol–water partition coefficient (Wildman–Crippen LogP) is 5.49. The Balaban J connectivity index is 1.42. The minimum atomic E-state index is -3.71. The van der Waals surface area contributed by atoms with Crippen LogP contribution < -0.4 is 14.8 Å². The highest BCUT2D eigenvalue weighted by atomic mass is 32.2. The second-order valence-electron chi connectivity index (χ2n) is 7.67. The smallest absolute Gasteiger partial charge is 0.261 e. The number of amides is 1. The molecule has 0 aliphatic carbocycles. The summed E-state index contributed by atoms with van der Waals surface area (Å²) < 4.78 is 32.9. The molecule has 0 radical (unpaired) electrons. The largest absolute Gasteiger partial charge is 0.496 e. The van der Waals surface area contributed by atoms with E-state index in [0.29, 0.717) is 16.4 Å². The standard InChI is InChI=1S/C25H23N3O4S2/c1-16-4-11-21(12-5-16)34(30,31)28-20-9-6-18(7-10-20)24(29)27-25-26-22(15-33-25)19-8-13-23(32-3)17(2)14-19/h4-15,28H,1-3H3,(H,26,27,29). The molecule has 7 nitrogen and oxygen atoms in total. The fourth-order valence-electron chi connectivity index (χ4n) is 3.29. The van der Waals surface area contributed by atoms with Gasteiger partial charge in [-0.05, 0) is 74.0 Å². The fraction of sp³-hybridized carbons (Fsp3) is 0.120. The maximum atomic E-state index is 12.6. The fourth-order valence-corrected chi connectivity index (χ4v) is 5.07. The molecular formula is C25H23N3O4S2. The molecule has 2 N–H and O–H groups in total. The molecule has 3 aromatic carbocycles. The second kappa shape index (κ2) is 9.66. The second-order valence-corrected chi connectivity index (χ2v) is 10.2. The van der Waals surface area contributed by atoms with Gasteiger partial charge in [0.15, 0.2) is 5.13 Å². The van der Waals surface area contributed by atoms with Crippen LogP contribution in [0.15, 0.2) is 77.0 Å². The molecule has 1 aromatic heterocycles. The van der Waals surface area contributed by atoms with Gasteiger partial charge in [-0.3, -0.25) is 14.8 Å². The number of carbonyl (C=O) groups excluding carboxylic acids is 1. The zero-order valence-electron chi connectivity index (χ0n) is 18.8. The number of thiazole rings is 1. The van der Waals surface area contributed by atoms with E-state index in [9.17, 15) is 13.2 Å². The number of hydrogen-bond acceptors (Lipinski definition) is 6. The Morgan fingerprint density at radius 2 is 1.68 bits per heavy atom. The van der Waals surface area contributed by atoms with E-state index >= 15 is 0 Å². The zero-order chi connectivity index (χ0) is 24.3. The third kappa shape index (κ3) is 5.27. The number of nitrogens with zero attached hydrogens (tertiary/aromatic N) is 1. The molecule has 9 heteroatoms. The molecule has 0 atom stereocenters. The quantitative estimate of drug-likeness (QED) is 0.355. The lowest BCUT2D eigenvalue weighted by Crippen LogP contribution is -2.14. The Morgan fingerprint density at radius 1 is 0.971 bits per heavy atom. The summed E-state index contributed by atoms with van der Waals surface area (Å²) in [4.78, 5) is 17.3. The molecule has 1 heterocycles. The van der Waals surface area contributed by atoms with E-state index in [4.69, 9.17) is 4.74 Å². The van der Waals surface area contributed by atoms with Crippen molar-refractivity contribution in [3.63, 3.8) is 0 Å². The molecule has 0 bridgehead atoms. The van der Waals surface area contributed by atoms with Crippen molar-refractivity contribution in [1.82, 2.24) is 4.98 Å². The topological polar surface area (TPSA) is 97.4 Å². The number of sulfonamides is 1. The van der Waals surface area contributed by atoms with Crippen LogP contribution in [0.2, 0.25) is 0 Å². The summed E-state index contributed by atoms with van der Waals surface area (Å²) in [6, 6.07) is 18.6. The number of aromatic nitrogens is 1. The molecule has 1 amide bonds. The van der Waals surface area contributed by atoms with Crippen LogP contribution in [0.4, 0.5) is 10.8 Å². The summed E-state index contributed by atoms with van der Waals surface area (Å²) in [5.74, 6) is 0.469. The van der Waals surface area contributed by atoms with Crippen LogP contribution in [0.5, 0.6) is 5.75 Å². The summed E-state index contributed by atoms with van der Waals surface area (Å²) >= 11 is 1.33. The van der Waals surface area contributed by atoms with Crippen LogP contribution in [-0.2, 0) is 10.0 Å². The first kappa shape index (κ1) is 23.5. The maximum Gasteiger partial charge on any atom is 0.261 e. The van der Waals surface area contributed by atoms with Crippen molar-refractivity contribution in [2.75, 3.05) is 17.1 Å². The molecular weight excluding hydrogens is 470 g/mol. The molecule has 0 saturated heterocycles. The highest BCUT2D eigenvalue weighted by Crippen LogP contribution is 2.29. The molecule has 4 aromatic rings. The third-order valence-corrected chi connectivity index (χ3v) is 7.30. The van der Waals surface area contributed by atoms with Crippen molar-refractivity contribution >= 4 is 38.1 Å². The minimum Gasteiger partial charge on any atom is -0.496 e. The van der Waals surface area contributed by atoms with Gasteiger partial charge in [0, 0.05) is 22.2 Å². The molecule has 0 fully saturated rings. The number of ether oxygens (including phenoxy) is 1. The number of carbonyl (C=O) groups is 1. The number of anilines is 2. The lowest BCUT2D eigenvalue weighted by atomic mass is 10.1. The number of rotatable bonds is 7. The summed E-state index contributed by atoms with van der Waals surface area (Å²) in [7, 11) is -2.08. The molecule has 0 aliphatic rings. The minimum absolute atomic E-state index is 0.173. The van der Waals surface area contributed by atoms with Crippen LogP contribution in [0, 0.1) is 13.8 Å². The average Bonchev–Trinajstić information content (AvgIpc) is 3.28. The van der Waals surface area contributed by atoms with E-state index < -0.39 is 10.0 Å². The van der Waals surface area contributed by atoms with Gasteiger partial charge in [0.1, 0.15) is 5.75 Å². The van der Waals surface area contributed by atoms with Gasteiger partial charge in [0.2, 0.25) is 0 Å². The molecule has 0 saturated carbocycles. The Bertz CT molecular complexity index is 1430. The Kier molecular flexibility index (Phi) is 6.67. The molecule has 34 heavy (non-hydrogen) atoms. The summed E-state index contributed by atoms with van der Waals surface area (Å²) in [5, 5.41) is 5.13. The van der Waals surface area contributed by atoms with Crippen LogP contribution in [-0.4, -0.2) is 26.4 Å². The van der Waals surface area contributed by atoms with Crippen LogP contribution >= 0.6 is 11.3 Å². The Morgan fingerprint density at radius 3 is 2.32 bits per heavy atom. The van der Waals surface area contributed by atoms with Crippen molar-refractivity contribution in [3.05, 3.63) is 88.8 Å². The Hall–Kier alpha value is -3.69. The molecule has 0 aliphatic heterocycles. The van der Waals surface area contributed by atoms with Crippen LogP contribution in [0.1, 0.15) is 21.5 Å². The number of nitrogens with one attached hydrogen (secondary N) is 2. The molecule has 174 valence electrons. The number of aryl methyl sites for hydroxylation is 2. The first-order valence-electron chi connectivity index (χ1n) is 10.4. The van der Waals surface area contributed by atoms with Crippen molar-refractivity contribution < 1.29 is 17.9 Å². The first-order chi connectivity index (χ1) is 16.2. The summed E-state index contributed by atoms with van der Waals surface area (Å²) in [6.45, 7) is 3.85. The lowest BCUT2D eigenvalue weighted by Gasteiger charge is -2.09. The molecule has 0 unspecified atom stereocenters. The monoisotopic (exact) mass is 493 g/mol. The molecule has 4 rings (SSSR count). The van der Waals surface area contributed by atoms with Crippen molar-refractivity contribution in [3.8, 4) is 17.0 Å². The van der Waals surface area contributed by atoms with Gasteiger partial charge in [0.05, 0.1) is 17.7 Å². The number of methoxy groups -OCH3 is 1. The maximum absolute atomic E-state index is 12.6. The molecule has 0 spiro atoms. The predicted molar refractivity (Wildman–Crippen MR) is 135 cm³/mol. The highest BCUT2D eigenvalue weighted by molar-refractivity contribution is 7.92. The SMILES string of the molecule is COc1ccc(-c2csc(NC(=O)c3ccc(NS(=O)(=O)c4ccc(C)cc4)cc3)n2)cc1C. The lowest BCUT2D eigenvalue weighted by molar-refractivity contribution is 0.102. The highest BCUT2D eigenvalue weighted by Gasteiger charge is 2.15. The van der Waals surface area contributed by atoms with Crippen molar-refractivity contribution in [2.24, 2.45) is 0 Å². The van der Waals surface area contributed by atoms with Crippen molar-refractivity contribution in [2.45, 2.75) is 18.7 Å². The average molecular weight is 494 g/mol. The Labute approximate surface area is 202 Å². The van der Waals surface area contributed by atoms with E-state index in [0.717, 1.165) is 28.1 Å². The van der Waals surface area contributed by atoms with Gasteiger partial charge in [-0.25, -0.2) is 13.4 Å². The van der Waals surface area contributed by atoms with E-state index in [2.05, 4.69) is 15.0 Å². The van der Waals surface area contributed by atoms with Gasteiger partial charge in [0.25, 0.3) is 15.9 Å². The normalized spacial score (nSPS) is 11.1. The van der Waals surface area contributed by atoms with E-state index in [1.807, 2.05) is 37.4 Å². The van der Waals surface area contributed by atoms with Gasteiger partial charge >= 0.3 is 0 Å². The van der Waals surface area contributed by atoms with Crippen molar-refractivity contribution in [1.29, 1.82) is 0 Å². The zero-order valence-corrected chi connectivity index (χ0v) is 20.5. The van der Waals surface area contributed by atoms with Gasteiger partial charge in [-0.15, -0.1) is 11.3 Å². The summed E-state index contributed by atoms with van der Waals surface area (Å²) in [6.07, 6.45) is 0. The third-order valence-electron chi connectivity index (χ3n) is 5.15. The summed E-state index contributed by atoms with van der Waals surface area (Å²) in [5.41, 5.74) is 4.41. The van der Waals surface area contributed by atoms with Gasteiger partial charge in [-0.1, -0.05) is 17.7 Å². The van der Waals surface area contributed by atoms with Crippen LogP contribution in [0.25, 0.3) is 11.3 Å². The van der Waals surface area contributed by atoms with Gasteiger partial charge < -0.3 is 4.74 Å².